The first-order valence-corrected chi connectivity index (χ1v) is 6.25. The Balaban J connectivity index is 2.05. The highest BCUT2D eigenvalue weighted by molar-refractivity contribution is 4.98. The fourth-order valence-corrected chi connectivity index (χ4v) is 2.67. The van der Waals surface area contributed by atoms with Crippen LogP contribution in [0.25, 0.3) is 0 Å². The van der Waals surface area contributed by atoms with Gasteiger partial charge in [-0.25, -0.2) is 9.97 Å². The topological polar surface area (TPSA) is 37.8 Å². The van der Waals surface area contributed by atoms with Crippen LogP contribution in [0.15, 0.2) is 18.5 Å². The average molecular weight is 219 g/mol. The minimum Gasteiger partial charge on any atom is -0.310 e. The van der Waals surface area contributed by atoms with Crippen LogP contribution in [-0.2, 0) is 0 Å². The van der Waals surface area contributed by atoms with Gasteiger partial charge < -0.3 is 5.32 Å². The third-order valence-electron chi connectivity index (χ3n) is 3.71. The molecule has 1 aromatic rings. The van der Waals surface area contributed by atoms with Crippen molar-refractivity contribution in [1.82, 2.24) is 15.3 Å². The summed E-state index contributed by atoms with van der Waals surface area (Å²) in [5.74, 6) is 2.54. The van der Waals surface area contributed by atoms with E-state index in [9.17, 15) is 0 Å². The molecule has 1 unspecified atom stereocenters. The molecule has 0 aliphatic heterocycles. The second-order valence-corrected chi connectivity index (χ2v) is 4.89. The van der Waals surface area contributed by atoms with Crippen molar-refractivity contribution in [1.29, 1.82) is 0 Å². The predicted octanol–water partition coefficient (Wildman–Crippen LogP) is 2.56. The van der Waals surface area contributed by atoms with Crippen LogP contribution < -0.4 is 5.32 Å². The SMILES string of the molecule is CNC(c1ncccn1)C1CCC(C)CC1. The molecule has 0 spiro atoms. The van der Waals surface area contributed by atoms with Crippen LogP contribution in [0, 0.1) is 11.8 Å². The maximum atomic E-state index is 4.37. The molecule has 0 saturated heterocycles. The molecule has 1 saturated carbocycles. The Morgan fingerprint density at radius 2 is 1.81 bits per heavy atom. The van der Waals surface area contributed by atoms with Crippen molar-refractivity contribution in [2.45, 2.75) is 38.6 Å². The van der Waals surface area contributed by atoms with Crippen LogP contribution in [0.5, 0.6) is 0 Å². The van der Waals surface area contributed by atoms with E-state index in [-0.39, 0.29) is 0 Å². The van der Waals surface area contributed by atoms with Crippen LogP contribution in [0.3, 0.4) is 0 Å². The van der Waals surface area contributed by atoms with Crippen molar-refractivity contribution in [3.05, 3.63) is 24.3 Å². The Labute approximate surface area is 97.7 Å². The minimum atomic E-state index is 0.328. The fourth-order valence-electron chi connectivity index (χ4n) is 2.67. The van der Waals surface area contributed by atoms with Gasteiger partial charge in [0.1, 0.15) is 5.82 Å². The standard InChI is InChI=1S/C13H21N3/c1-10-4-6-11(7-5-10)12(14-2)13-15-8-3-9-16-13/h3,8-12,14H,4-7H2,1-2H3. The van der Waals surface area contributed by atoms with Gasteiger partial charge in [0, 0.05) is 12.4 Å². The molecule has 1 aliphatic rings. The number of rotatable bonds is 3. The van der Waals surface area contributed by atoms with Gasteiger partial charge in [-0.05, 0) is 37.8 Å². The van der Waals surface area contributed by atoms with E-state index >= 15 is 0 Å². The highest BCUT2D eigenvalue weighted by atomic mass is 15.0. The van der Waals surface area contributed by atoms with Gasteiger partial charge in [-0.15, -0.1) is 0 Å². The lowest BCUT2D eigenvalue weighted by atomic mass is 9.79. The lowest BCUT2D eigenvalue weighted by Crippen LogP contribution is -2.29. The molecule has 88 valence electrons. The van der Waals surface area contributed by atoms with Gasteiger partial charge in [0.05, 0.1) is 6.04 Å². The molecule has 1 heterocycles. The quantitative estimate of drug-likeness (QED) is 0.849. The van der Waals surface area contributed by atoms with Crippen LogP contribution in [-0.4, -0.2) is 17.0 Å². The molecule has 0 radical (unpaired) electrons. The van der Waals surface area contributed by atoms with E-state index in [1.54, 1.807) is 0 Å². The number of nitrogens with one attached hydrogen (secondary N) is 1. The maximum Gasteiger partial charge on any atom is 0.145 e. The van der Waals surface area contributed by atoms with Crippen LogP contribution in [0.2, 0.25) is 0 Å². The summed E-state index contributed by atoms with van der Waals surface area (Å²) < 4.78 is 0. The molecular formula is C13H21N3. The van der Waals surface area contributed by atoms with E-state index < -0.39 is 0 Å². The van der Waals surface area contributed by atoms with Crippen LogP contribution >= 0.6 is 0 Å². The molecule has 16 heavy (non-hydrogen) atoms. The van der Waals surface area contributed by atoms with Gasteiger partial charge in [0.2, 0.25) is 0 Å². The van der Waals surface area contributed by atoms with Crippen molar-refractivity contribution in [3.8, 4) is 0 Å². The number of hydrogen-bond acceptors (Lipinski definition) is 3. The van der Waals surface area contributed by atoms with Crippen molar-refractivity contribution in [2.75, 3.05) is 7.05 Å². The van der Waals surface area contributed by atoms with Crippen molar-refractivity contribution in [2.24, 2.45) is 11.8 Å². The molecule has 0 bridgehead atoms. The molecule has 1 atom stereocenters. The van der Waals surface area contributed by atoms with Crippen LogP contribution in [0.4, 0.5) is 0 Å². The molecule has 3 nitrogen and oxygen atoms in total. The smallest absolute Gasteiger partial charge is 0.145 e. The zero-order valence-electron chi connectivity index (χ0n) is 10.2. The first-order valence-electron chi connectivity index (χ1n) is 6.25. The van der Waals surface area contributed by atoms with Crippen molar-refractivity contribution in [3.63, 3.8) is 0 Å². The number of nitrogens with zero attached hydrogens (tertiary/aromatic N) is 2. The molecule has 2 rings (SSSR count). The molecule has 1 aliphatic carbocycles. The molecule has 0 aromatic carbocycles. The summed E-state index contributed by atoms with van der Waals surface area (Å²) in [6.07, 6.45) is 8.94. The largest absolute Gasteiger partial charge is 0.310 e. The molecule has 1 N–H and O–H groups in total. The van der Waals surface area contributed by atoms with Crippen molar-refractivity contribution >= 4 is 0 Å². The second kappa shape index (κ2) is 5.39. The molecule has 0 amide bonds. The van der Waals surface area contributed by atoms with Crippen molar-refractivity contribution < 1.29 is 0 Å². The lowest BCUT2D eigenvalue weighted by molar-refractivity contribution is 0.232. The maximum absolute atomic E-state index is 4.37. The van der Waals surface area contributed by atoms with E-state index in [0.717, 1.165) is 11.7 Å². The van der Waals surface area contributed by atoms with Gasteiger partial charge in [-0.2, -0.15) is 0 Å². The number of aromatic nitrogens is 2. The lowest BCUT2D eigenvalue weighted by Gasteiger charge is -2.31. The van der Waals surface area contributed by atoms with Gasteiger partial charge in [0.15, 0.2) is 0 Å². The van der Waals surface area contributed by atoms with E-state index in [1.807, 2.05) is 25.5 Å². The Kier molecular flexibility index (Phi) is 3.88. The minimum absolute atomic E-state index is 0.328. The monoisotopic (exact) mass is 219 g/mol. The normalized spacial score (nSPS) is 27.6. The summed E-state index contributed by atoms with van der Waals surface area (Å²) in [5.41, 5.74) is 0. The van der Waals surface area contributed by atoms with Gasteiger partial charge >= 0.3 is 0 Å². The summed E-state index contributed by atoms with van der Waals surface area (Å²) in [5, 5.41) is 3.38. The van der Waals surface area contributed by atoms with E-state index in [0.29, 0.717) is 12.0 Å². The van der Waals surface area contributed by atoms with E-state index in [1.165, 1.54) is 25.7 Å². The zero-order valence-corrected chi connectivity index (χ0v) is 10.2. The van der Waals surface area contributed by atoms with Crippen LogP contribution in [0.1, 0.15) is 44.5 Å². The molecule has 3 heteroatoms. The molecular weight excluding hydrogens is 198 g/mol. The third-order valence-corrected chi connectivity index (χ3v) is 3.71. The second-order valence-electron chi connectivity index (χ2n) is 4.89. The molecule has 1 aromatic heterocycles. The third kappa shape index (κ3) is 2.59. The molecule has 1 fully saturated rings. The van der Waals surface area contributed by atoms with Gasteiger partial charge in [-0.1, -0.05) is 19.8 Å². The summed E-state index contributed by atoms with van der Waals surface area (Å²) in [4.78, 5) is 8.74. The Morgan fingerprint density at radius 1 is 1.19 bits per heavy atom. The zero-order chi connectivity index (χ0) is 11.4. The first-order chi connectivity index (χ1) is 7.81. The summed E-state index contributed by atoms with van der Waals surface area (Å²) in [6, 6.07) is 2.20. The van der Waals surface area contributed by atoms with Gasteiger partial charge in [-0.3, -0.25) is 0 Å². The Bertz CT molecular complexity index is 304. The number of hydrogen-bond donors (Lipinski definition) is 1. The Hall–Kier alpha value is -0.960. The van der Waals surface area contributed by atoms with Gasteiger partial charge in [0.25, 0.3) is 0 Å². The predicted molar refractivity (Wildman–Crippen MR) is 65.0 cm³/mol. The average Bonchev–Trinajstić information content (AvgIpc) is 2.34. The fraction of sp³-hybridized carbons (Fsp3) is 0.692. The first kappa shape index (κ1) is 11.5. The van der Waals surface area contributed by atoms with E-state index in [2.05, 4.69) is 22.2 Å². The highest BCUT2D eigenvalue weighted by Gasteiger charge is 2.27. The Morgan fingerprint density at radius 3 is 2.38 bits per heavy atom. The summed E-state index contributed by atoms with van der Waals surface area (Å²) >= 11 is 0. The van der Waals surface area contributed by atoms with E-state index in [4.69, 9.17) is 0 Å². The highest BCUT2D eigenvalue weighted by Crippen LogP contribution is 2.35. The summed E-state index contributed by atoms with van der Waals surface area (Å²) in [7, 11) is 2.01. The summed E-state index contributed by atoms with van der Waals surface area (Å²) in [6.45, 7) is 2.35.